The number of nitrogens with zero attached hydrogens (tertiary/aromatic N) is 1. The van der Waals surface area contributed by atoms with Gasteiger partial charge < -0.3 is 4.42 Å². The summed E-state index contributed by atoms with van der Waals surface area (Å²) in [6.07, 6.45) is 0. The van der Waals surface area contributed by atoms with Crippen LogP contribution in [0.3, 0.4) is 0 Å². The highest BCUT2D eigenvalue weighted by molar-refractivity contribution is 9.10. The molecule has 0 spiro atoms. The van der Waals surface area contributed by atoms with E-state index in [1.165, 1.54) is 0 Å². The van der Waals surface area contributed by atoms with Gasteiger partial charge in [0.05, 0.1) is 17.0 Å². The van der Waals surface area contributed by atoms with E-state index in [0.717, 1.165) is 25.6 Å². The normalized spacial score (nSPS) is 15.5. The van der Waals surface area contributed by atoms with Crippen molar-refractivity contribution in [2.24, 2.45) is 0 Å². The summed E-state index contributed by atoms with van der Waals surface area (Å²) in [6.45, 7) is 3.92. The summed E-state index contributed by atoms with van der Waals surface area (Å²) in [5.41, 5.74) is 4.17. The number of rotatable bonds is 2. The Labute approximate surface area is 195 Å². The number of fused-ring (bicyclic) bond motifs is 2. The first-order chi connectivity index (χ1) is 14.8. The largest absolute Gasteiger partial charge is 0.450 e. The molecule has 1 atom stereocenters. The highest BCUT2D eigenvalue weighted by Gasteiger charge is 2.43. The first kappa shape index (κ1) is 20.2. The summed E-state index contributed by atoms with van der Waals surface area (Å²) in [6, 6.07) is 18.3. The van der Waals surface area contributed by atoms with Crippen LogP contribution < -0.4 is 10.3 Å². The zero-order chi connectivity index (χ0) is 21.9. The third-order valence-electron chi connectivity index (χ3n) is 5.74. The van der Waals surface area contributed by atoms with E-state index in [1.54, 1.807) is 4.90 Å². The average Bonchev–Trinajstić information content (AvgIpc) is 3.02. The van der Waals surface area contributed by atoms with E-state index in [1.807, 2.05) is 74.5 Å². The Morgan fingerprint density at radius 2 is 1.55 bits per heavy atom. The SMILES string of the molecule is Cc1cc2oc3c(c(=O)c2cc1C)C(c1cccc(Br)c1)N(c1cccc(Br)c1)C3=O. The number of carbonyl (C=O) groups excluding carboxylic acids is 1. The molecule has 2 heterocycles. The molecule has 0 aliphatic carbocycles. The minimum absolute atomic E-state index is 0.103. The summed E-state index contributed by atoms with van der Waals surface area (Å²) in [5, 5.41) is 0.491. The molecule has 154 valence electrons. The average molecular weight is 539 g/mol. The van der Waals surface area contributed by atoms with Crippen LogP contribution in [-0.2, 0) is 0 Å². The van der Waals surface area contributed by atoms with Gasteiger partial charge in [-0.25, -0.2) is 0 Å². The van der Waals surface area contributed by atoms with Crippen LogP contribution in [0.4, 0.5) is 5.69 Å². The fourth-order valence-electron chi connectivity index (χ4n) is 4.11. The standard InChI is InChI=1S/C25H17Br2NO3/c1-13-9-19-20(10-14(13)2)31-24-21(23(19)29)22(15-5-3-6-16(26)11-15)28(25(24)30)18-8-4-7-17(27)12-18/h3-12,22H,1-2H3. The molecule has 0 N–H and O–H groups in total. The van der Waals surface area contributed by atoms with Gasteiger partial charge >= 0.3 is 0 Å². The molecule has 1 unspecified atom stereocenters. The van der Waals surface area contributed by atoms with Crippen LogP contribution in [0.15, 0.2) is 78.8 Å². The van der Waals surface area contributed by atoms with Gasteiger partial charge in [0.15, 0.2) is 5.43 Å². The molecule has 0 saturated carbocycles. The molecule has 4 aromatic rings. The summed E-state index contributed by atoms with van der Waals surface area (Å²) in [5.74, 6) is -0.221. The number of halogens is 2. The maximum Gasteiger partial charge on any atom is 0.295 e. The van der Waals surface area contributed by atoms with E-state index in [-0.39, 0.29) is 17.1 Å². The van der Waals surface area contributed by atoms with Gasteiger partial charge in [-0.1, -0.05) is 50.1 Å². The minimum atomic E-state index is -0.587. The van der Waals surface area contributed by atoms with Crippen molar-refractivity contribution >= 4 is 54.4 Å². The highest BCUT2D eigenvalue weighted by atomic mass is 79.9. The van der Waals surface area contributed by atoms with Crippen LogP contribution in [0, 0.1) is 13.8 Å². The highest BCUT2D eigenvalue weighted by Crippen LogP contribution is 2.42. The Morgan fingerprint density at radius 3 is 2.26 bits per heavy atom. The van der Waals surface area contributed by atoms with Gasteiger partial charge in [0.2, 0.25) is 5.76 Å². The molecule has 1 aliphatic rings. The maximum absolute atomic E-state index is 13.7. The van der Waals surface area contributed by atoms with Crippen molar-refractivity contribution in [3.05, 3.63) is 108 Å². The molecule has 1 amide bonds. The molecule has 0 bridgehead atoms. The van der Waals surface area contributed by atoms with Crippen LogP contribution in [0.25, 0.3) is 11.0 Å². The number of benzene rings is 3. The van der Waals surface area contributed by atoms with Crippen molar-refractivity contribution in [3.8, 4) is 0 Å². The molecule has 0 fully saturated rings. The molecular formula is C25H17Br2NO3. The number of aryl methyl sites for hydroxylation is 2. The molecule has 6 heteroatoms. The lowest BCUT2D eigenvalue weighted by molar-refractivity contribution is 0.0971. The van der Waals surface area contributed by atoms with Crippen molar-refractivity contribution in [2.75, 3.05) is 4.90 Å². The van der Waals surface area contributed by atoms with Gasteiger partial charge in [0.1, 0.15) is 5.58 Å². The third kappa shape index (κ3) is 3.25. The van der Waals surface area contributed by atoms with Gasteiger partial charge in [0.25, 0.3) is 5.91 Å². The molecule has 4 nitrogen and oxygen atoms in total. The van der Waals surface area contributed by atoms with Gasteiger partial charge in [0, 0.05) is 14.6 Å². The number of hydrogen-bond donors (Lipinski definition) is 0. The van der Waals surface area contributed by atoms with E-state index < -0.39 is 6.04 Å². The molecule has 1 aliphatic heterocycles. The second-order valence-electron chi connectivity index (χ2n) is 7.72. The Kier molecular flexibility index (Phi) is 4.87. The van der Waals surface area contributed by atoms with Gasteiger partial charge in [-0.15, -0.1) is 0 Å². The minimum Gasteiger partial charge on any atom is -0.450 e. The Hall–Kier alpha value is -2.70. The molecular weight excluding hydrogens is 522 g/mol. The van der Waals surface area contributed by atoms with E-state index in [4.69, 9.17) is 4.42 Å². The second kappa shape index (κ2) is 7.46. The zero-order valence-electron chi connectivity index (χ0n) is 16.8. The smallest absolute Gasteiger partial charge is 0.295 e. The molecule has 5 rings (SSSR count). The lowest BCUT2D eigenvalue weighted by atomic mass is 9.97. The van der Waals surface area contributed by atoms with Crippen LogP contribution in [0.5, 0.6) is 0 Å². The van der Waals surface area contributed by atoms with Crippen molar-refractivity contribution in [1.29, 1.82) is 0 Å². The summed E-state index contributed by atoms with van der Waals surface area (Å²) >= 11 is 7.00. The van der Waals surface area contributed by atoms with Crippen molar-refractivity contribution in [2.45, 2.75) is 19.9 Å². The Morgan fingerprint density at radius 1 is 0.871 bits per heavy atom. The van der Waals surface area contributed by atoms with E-state index in [2.05, 4.69) is 31.9 Å². The van der Waals surface area contributed by atoms with Crippen LogP contribution in [-0.4, -0.2) is 5.91 Å². The lowest BCUT2D eigenvalue weighted by Gasteiger charge is -2.25. The number of hydrogen-bond acceptors (Lipinski definition) is 3. The van der Waals surface area contributed by atoms with Crippen molar-refractivity contribution in [3.63, 3.8) is 0 Å². The monoisotopic (exact) mass is 537 g/mol. The fraction of sp³-hybridized carbons (Fsp3) is 0.120. The second-order valence-corrected chi connectivity index (χ2v) is 9.55. The zero-order valence-corrected chi connectivity index (χ0v) is 20.0. The molecule has 3 aromatic carbocycles. The maximum atomic E-state index is 13.7. The first-order valence-corrected chi connectivity index (χ1v) is 11.4. The topological polar surface area (TPSA) is 50.5 Å². The Balaban J connectivity index is 1.85. The van der Waals surface area contributed by atoms with Crippen molar-refractivity contribution in [1.82, 2.24) is 0 Å². The number of anilines is 1. The predicted molar refractivity (Wildman–Crippen MR) is 129 cm³/mol. The summed E-state index contributed by atoms with van der Waals surface area (Å²) < 4.78 is 7.80. The first-order valence-electron chi connectivity index (χ1n) is 9.77. The molecule has 31 heavy (non-hydrogen) atoms. The molecule has 1 aromatic heterocycles. The lowest BCUT2D eigenvalue weighted by Crippen LogP contribution is -2.29. The number of amides is 1. The van der Waals surface area contributed by atoms with E-state index in [9.17, 15) is 9.59 Å². The van der Waals surface area contributed by atoms with Crippen LogP contribution >= 0.6 is 31.9 Å². The summed E-state index contributed by atoms with van der Waals surface area (Å²) in [4.78, 5) is 28.9. The Bertz CT molecular complexity index is 1440. The van der Waals surface area contributed by atoms with Crippen molar-refractivity contribution < 1.29 is 9.21 Å². The van der Waals surface area contributed by atoms with E-state index in [0.29, 0.717) is 22.2 Å². The predicted octanol–water partition coefficient (Wildman–Crippen LogP) is 6.68. The van der Waals surface area contributed by atoms with Gasteiger partial charge in [-0.05, 0) is 73.0 Å². The molecule has 0 radical (unpaired) electrons. The van der Waals surface area contributed by atoms with Crippen LogP contribution in [0.1, 0.15) is 38.9 Å². The van der Waals surface area contributed by atoms with Crippen LogP contribution in [0.2, 0.25) is 0 Å². The van der Waals surface area contributed by atoms with Gasteiger partial charge in [-0.3, -0.25) is 14.5 Å². The third-order valence-corrected chi connectivity index (χ3v) is 6.72. The quantitative estimate of drug-likeness (QED) is 0.286. The van der Waals surface area contributed by atoms with Gasteiger partial charge in [-0.2, -0.15) is 0 Å². The molecule has 0 saturated heterocycles. The van der Waals surface area contributed by atoms with E-state index >= 15 is 0 Å². The number of carbonyl (C=O) groups is 1. The fourth-order valence-corrected chi connectivity index (χ4v) is 4.92. The summed E-state index contributed by atoms with van der Waals surface area (Å²) in [7, 11) is 0.